The normalized spacial score (nSPS) is 11.0. The van der Waals surface area contributed by atoms with Crippen molar-refractivity contribution < 1.29 is 9.53 Å². The number of nitrogens with one attached hydrogen (secondary N) is 1. The minimum atomic E-state index is -0.274. The fraction of sp³-hybridized carbons (Fsp3) is 0.0909. The van der Waals surface area contributed by atoms with Crippen molar-refractivity contribution >= 4 is 28.6 Å². The molecule has 4 heterocycles. The van der Waals surface area contributed by atoms with Crippen LogP contribution in [0.3, 0.4) is 0 Å². The number of benzene rings is 1. The second-order valence-corrected chi connectivity index (χ2v) is 7.77. The van der Waals surface area contributed by atoms with Crippen molar-refractivity contribution in [1.82, 2.24) is 24.1 Å². The van der Waals surface area contributed by atoms with Crippen LogP contribution >= 0.6 is 11.3 Å². The van der Waals surface area contributed by atoms with Gasteiger partial charge in [0.15, 0.2) is 0 Å². The van der Waals surface area contributed by atoms with Crippen LogP contribution in [0, 0.1) is 0 Å². The van der Waals surface area contributed by atoms with Crippen LogP contribution in [0.4, 0.5) is 5.69 Å². The third kappa shape index (κ3) is 4.17. The first-order chi connectivity index (χ1) is 15.1. The molecule has 0 bridgehead atoms. The number of carbonyl (C=O) groups excluding carboxylic acids is 1. The van der Waals surface area contributed by atoms with E-state index in [0.717, 1.165) is 21.9 Å². The number of ether oxygens (including phenoxy) is 1. The smallest absolute Gasteiger partial charge is 0.275 e. The molecule has 0 spiro atoms. The van der Waals surface area contributed by atoms with Gasteiger partial charge >= 0.3 is 0 Å². The van der Waals surface area contributed by atoms with E-state index in [1.807, 2.05) is 66.4 Å². The van der Waals surface area contributed by atoms with E-state index in [1.54, 1.807) is 22.3 Å². The van der Waals surface area contributed by atoms with E-state index < -0.39 is 0 Å². The minimum Gasteiger partial charge on any atom is -0.487 e. The van der Waals surface area contributed by atoms with Crippen LogP contribution in [-0.4, -0.2) is 30.1 Å². The predicted molar refractivity (Wildman–Crippen MR) is 118 cm³/mol. The van der Waals surface area contributed by atoms with Crippen LogP contribution in [0.5, 0.6) is 5.75 Å². The maximum atomic E-state index is 12.6. The number of pyridine rings is 1. The molecule has 0 aliphatic rings. The van der Waals surface area contributed by atoms with Crippen molar-refractivity contribution in [3.05, 3.63) is 84.0 Å². The zero-order valence-electron chi connectivity index (χ0n) is 16.6. The van der Waals surface area contributed by atoms with Gasteiger partial charge in [-0.2, -0.15) is 5.10 Å². The molecule has 0 unspecified atom stereocenters. The summed E-state index contributed by atoms with van der Waals surface area (Å²) in [6.07, 6.45) is 7.47. The van der Waals surface area contributed by atoms with E-state index in [-0.39, 0.29) is 5.91 Å². The Morgan fingerprint density at radius 1 is 1.16 bits per heavy atom. The van der Waals surface area contributed by atoms with Crippen LogP contribution < -0.4 is 10.1 Å². The summed E-state index contributed by atoms with van der Waals surface area (Å²) in [5.41, 5.74) is 3.57. The number of carbonyl (C=O) groups is 1. The molecule has 154 valence electrons. The van der Waals surface area contributed by atoms with E-state index >= 15 is 0 Å². The summed E-state index contributed by atoms with van der Waals surface area (Å²) in [5.74, 6) is 0.369. The first kappa shape index (κ1) is 19.0. The van der Waals surface area contributed by atoms with E-state index in [1.165, 1.54) is 11.3 Å². The van der Waals surface area contributed by atoms with E-state index in [0.29, 0.717) is 23.7 Å². The molecule has 1 amide bonds. The van der Waals surface area contributed by atoms with Gasteiger partial charge in [-0.25, -0.2) is 9.97 Å². The number of thiazole rings is 1. The minimum absolute atomic E-state index is 0.274. The van der Waals surface area contributed by atoms with Crippen molar-refractivity contribution in [2.45, 2.75) is 6.61 Å². The SMILES string of the molecule is Cn1cc(-c2nc(C(=O)Nc3cccc(OCc4cn5ccccc5n4)c3)cs2)cn1. The summed E-state index contributed by atoms with van der Waals surface area (Å²) in [6, 6.07) is 13.1. The highest BCUT2D eigenvalue weighted by molar-refractivity contribution is 7.13. The molecule has 0 saturated heterocycles. The molecule has 4 aromatic heterocycles. The molecular weight excluding hydrogens is 412 g/mol. The van der Waals surface area contributed by atoms with Crippen molar-refractivity contribution in [2.24, 2.45) is 7.05 Å². The molecule has 8 nitrogen and oxygen atoms in total. The number of hydrogen-bond acceptors (Lipinski definition) is 6. The first-order valence-electron chi connectivity index (χ1n) is 9.55. The van der Waals surface area contributed by atoms with Gasteiger partial charge in [0.25, 0.3) is 5.91 Å². The zero-order chi connectivity index (χ0) is 21.2. The van der Waals surface area contributed by atoms with Crippen molar-refractivity contribution in [1.29, 1.82) is 0 Å². The average molecular weight is 430 g/mol. The molecule has 0 radical (unpaired) electrons. The highest BCUT2D eigenvalue weighted by atomic mass is 32.1. The maximum Gasteiger partial charge on any atom is 0.275 e. The lowest BCUT2D eigenvalue weighted by Gasteiger charge is -2.07. The van der Waals surface area contributed by atoms with Gasteiger partial charge in [0.2, 0.25) is 0 Å². The number of nitrogens with zero attached hydrogens (tertiary/aromatic N) is 5. The first-order valence-corrected chi connectivity index (χ1v) is 10.4. The number of anilines is 1. The molecule has 5 aromatic rings. The number of amides is 1. The topological polar surface area (TPSA) is 86.3 Å². The van der Waals surface area contributed by atoms with Gasteiger partial charge in [-0.15, -0.1) is 11.3 Å². The maximum absolute atomic E-state index is 12.6. The summed E-state index contributed by atoms with van der Waals surface area (Å²) in [6.45, 7) is 0.333. The summed E-state index contributed by atoms with van der Waals surface area (Å²) in [5, 5.41) is 9.50. The van der Waals surface area contributed by atoms with Crippen molar-refractivity contribution in [3.8, 4) is 16.3 Å². The number of rotatable bonds is 6. The van der Waals surface area contributed by atoms with Gasteiger partial charge < -0.3 is 14.5 Å². The molecule has 1 N–H and O–H groups in total. The number of aromatic nitrogens is 5. The van der Waals surface area contributed by atoms with Crippen LogP contribution in [0.2, 0.25) is 0 Å². The van der Waals surface area contributed by atoms with E-state index in [9.17, 15) is 4.79 Å². The van der Waals surface area contributed by atoms with Gasteiger partial charge in [0.05, 0.1) is 11.9 Å². The van der Waals surface area contributed by atoms with Gasteiger partial charge in [-0.3, -0.25) is 9.48 Å². The fourth-order valence-corrected chi connectivity index (χ4v) is 3.89. The Hall–Kier alpha value is -3.98. The zero-order valence-corrected chi connectivity index (χ0v) is 17.4. The highest BCUT2D eigenvalue weighted by Crippen LogP contribution is 2.24. The molecule has 1 aromatic carbocycles. The number of hydrogen-bond donors (Lipinski definition) is 1. The molecule has 5 rings (SSSR count). The molecule has 0 saturated carbocycles. The van der Waals surface area contributed by atoms with E-state index in [2.05, 4.69) is 20.4 Å². The third-order valence-corrected chi connectivity index (χ3v) is 5.47. The largest absolute Gasteiger partial charge is 0.487 e. The standard InChI is InChI=1S/C22H18N6O2S/c1-27-11-15(10-23-27)22-26-19(14-31-22)21(29)25-16-5-4-6-18(9-16)30-13-17-12-28-8-3-2-7-20(28)24-17/h2-12,14H,13H2,1H3,(H,25,29). The fourth-order valence-electron chi connectivity index (χ4n) is 3.12. The van der Waals surface area contributed by atoms with Crippen LogP contribution in [0.1, 0.15) is 16.2 Å². The predicted octanol–water partition coefficient (Wildman–Crippen LogP) is 4.02. The Balaban J connectivity index is 1.24. The van der Waals surface area contributed by atoms with Crippen LogP contribution in [-0.2, 0) is 13.7 Å². The van der Waals surface area contributed by atoms with Gasteiger partial charge in [0, 0.05) is 48.3 Å². The summed E-state index contributed by atoms with van der Waals surface area (Å²) < 4.78 is 9.51. The molecule has 9 heteroatoms. The summed E-state index contributed by atoms with van der Waals surface area (Å²) >= 11 is 1.41. The summed E-state index contributed by atoms with van der Waals surface area (Å²) in [7, 11) is 1.84. The molecule has 31 heavy (non-hydrogen) atoms. The van der Waals surface area contributed by atoms with Crippen LogP contribution in [0.15, 0.2) is 72.6 Å². The number of imidazole rings is 1. The lowest BCUT2D eigenvalue weighted by molar-refractivity contribution is 0.102. The Labute approximate surface area is 181 Å². The second kappa shape index (κ2) is 8.04. The third-order valence-electron chi connectivity index (χ3n) is 4.58. The van der Waals surface area contributed by atoms with Crippen molar-refractivity contribution in [2.75, 3.05) is 5.32 Å². The van der Waals surface area contributed by atoms with Gasteiger partial charge in [-0.1, -0.05) is 12.1 Å². The molecule has 0 aliphatic heterocycles. The second-order valence-electron chi connectivity index (χ2n) is 6.91. The Bertz CT molecular complexity index is 1340. The quantitative estimate of drug-likeness (QED) is 0.440. The number of fused-ring (bicyclic) bond motifs is 1. The average Bonchev–Trinajstić information content (AvgIpc) is 3.51. The lowest BCUT2D eigenvalue weighted by atomic mass is 10.3. The van der Waals surface area contributed by atoms with E-state index in [4.69, 9.17) is 4.74 Å². The Kier molecular flexibility index (Phi) is 4.93. The molecule has 0 fully saturated rings. The number of aryl methyl sites for hydroxylation is 1. The summed E-state index contributed by atoms with van der Waals surface area (Å²) in [4.78, 5) is 21.6. The van der Waals surface area contributed by atoms with Crippen molar-refractivity contribution in [3.63, 3.8) is 0 Å². The molecular formula is C22H18N6O2S. The Morgan fingerprint density at radius 3 is 2.94 bits per heavy atom. The van der Waals surface area contributed by atoms with Crippen LogP contribution in [0.25, 0.3) is 16.2 Å². The van der Waals surface area contributed by atoms with Gasteiger partial charge in [0.1, 0.15) is 28.7 Å². The monoisotopic (exact) mass is 430 g/mol. The Morgan fingerprint density at radius 2 is 2.10 bits per heavy atom. The van der Waals surface area contributed by atoms with Gasteiger partial charge in [-0.05, 0) is 24.3 Å². The lowest BCUT2D eigenvalue weighted by Crippen LogP contribution is -2.12. The molecule has 0 atom stereocenters. The highest BCUT2D eigenvalue weighted by Gasteiger charge is 2.13. The molecule has 0 aliphatic carbocycles.